The van der Waals surface area contributed by atoms with Gasteiger partial charge in [-0.05, 0) is 48.6 Å². The third kappa shape index (κ3) is 4.63. The maximum Gasteiger partial charge on any atom is 0.453 e. The second-order valence-corrected chi connectivity index (χ2v) is 9.13. The summed E-state index contributed by atoms with van der Waals surface area (Å²) in [5.74, 6) is -0.179. The number of halogens is 3. The maximum atomic E-state index is 13.4. The van der Waals surface area contributed by atoms with Gasteiger partial charge in [0, 0.05) is 23.9 Å². The Morgan fingerprint density at radius 1 is 1.12 bits per heavy atom. The zero-order chi connectivity index (χ0) is 23.7. The molecule has 178 valence electrons. The Kier molecular flexibility index (Phi) is 5.98. The van der Waals surface area contributed by atoms with Crippen molar-refractivity contribution in [2.45, 2.75) is 32.1 Å². The molecule has 1 amide bonds. The van der Waals surface area contributed by atoms with Crippen LogP contribution in [0.15, 0.2) is 52.5 Å². The Balaban J connectivity index is 1.28. The van der Waals surface area contributed by atoms with Gasteiger partial charge in [0.05, 0.1) is 19.4 Å². The van der Waals surface area contributed by atoms with Gasteiger partial charge in [0.2, 0.25) is 5.91 Å². The molecular formula is C22H21F3N6O2S. The summed E-state index contributed by atoms with van der Waals surface area (Å²) >= 11 is 1.60. The van der Waals surface area contributed by atoms with Gasteiger partial charge in [0.25, 0.3) is 5.82 Å². The van der Waals surface area contributed by atoms with Crippen LogP contribution >= 0.6 is 11.3 Å². The van der Waals surface area contributed by atoms with Crippen LogP contribution in [0.3, 0.4) is 0 Å². The van der Waals surface area contributed by atoms with Crippen LogP contribution in [0.5, 0.6) is 0 Å². The van der Waals surface area contributed by atoms with Gasteiger partial charge in [-0.1, -0.05) is 6.07 Å². The number of aromatic nitrogens is 4. The van der Waals surface area contributed by atoms with Crippen LogP contribution in [0.1, 0.15) is 29.3 Å². The van der Waals surface area contributed by atoms with Gasteiger partial charge in [0.1, 0.15) is 11.6 Å². The number of amides is 1. The fraction of sp³-hybridized carbons (Fsp3) is 0.364. The highest BCUT2D eigenvalue weighted by atomic mass is 32.1. The van der Waals surface area contributed by atoms with Gasteiger partial charge >= 0.3 is 6.18 Å². The summed E-state index contributed by atoms with van der Waals surface area (Å²) in [6, 6.07) is 10.7. The van der Waals surface area contributed by atoms with E-state index in [4.69, 9.17) is 4.42 Å². The van der Waals surface area contributed by atoms with Crippen LogP contribution in [-0.2, 0) is 24.1 Å². The molecule has 12 heteroatoms. The van der Waals surface area contributed by atoms with E-state index < -0.39 is 12.0 Å². The first-order chi connectivity index (χ1) is 16.4. The summed E-state index contributed by atoms with van der Waals surface area (Å²) in [4.78, 5) is 18.2. The quantitative estimate of drug-likeness (QED) is 0.402. The summed E-state index contributed by atoms with van der Waals surface area (Å²) in [7, 11) is 0. The number of fused-ring (bicyclic) bond motifs is 1. The molecule has 0 saturated carbocycles. The predicted octanol–water partition coefficient (Wildman–Crippen LogP) is 4.24. The lowest BCUT2D eigenvalue weighted by atomic mass is 9.95. The summed E-state index contributed by atoms with van der Waals surface area (Å²) in [5, 5.41) is 12.9. The second-order valence-electron chi connectivity index (χ2n) is 8.10. The van der Waals surface area contributed by atoms with E-state index in [0.29, 0.717) is 50.6 Å². The van der Waals surface area contributed by atoms with Gasteiger partial charge in [-0.25, -0.2) is 0 Å². The normalized spacial score (nSPS) is 15.2. The molecule has 0 bridgehead atoms. The summed E-state index contributed by atoms with van der Waals surface area (Å²) in [6.45, 7) is 1.90. The number of piperidine rings is 1. The minimum absolute atomic E-state index is 0.0308. The van der Waals surface area contributed by atoms with E-state index in [1.54, 1.807) is 29.7 Å². The number of carbonyl (C=O) groups excluding carboxylic acids is 1. The fourth-order valence-corrected chi connectivity index (χ4v) is 4.85. The average molecular weight is 491 g/mol. The SMILES string of the molecule is O=C(C1CCN(c2ccc3nnc(C(F)(F)F)n3n2)CC1)N(Cc1ccco1)Cc1cccs1. The molecule has 1 aliphatic rings. The summed E-state index contributed by atoms with van der Waals surface area (Å²) in [6.07, 6.45) is -1.91. The molecule has 1 aliphatic heterocycles. The highest BCUT2D eigenvalue weighted by molar-refractivity contribution is 7.09. The Hall–Kier alpha value is -3.41. The highest BCUT2D eigenvalue weighted by Crippen LogP contribution is 2.29. The molecular weight excluding hydrogens is 469 g/mol. The molecule has 0 spiro atoms. The highest BCUT2D eigenvalue weighted by Gasteiger charge is 2.38. The van der Waals surface area contributed by atoms with E-state index in [1.165, 1.54) is 6.07 Å². The van der Waals surface area contributed by atoms with Crippen molar-refractivity contribution >= 4 is 28.7 Å². The molecule has 34 heavy (non-hydrogen) atoms. The van der Waals surface area contributed by atoms with Crippen LogP contribution < -0.4 is 4.90 Å². The molecule has 0 aliphatic carbocycles. The van der Waals surface area contributed by atoms with Crippen LogP contribution in [0.2, 0.25) is 0 Å². The summed E-state index contributed by atoms with van der Waals surface area (Å²) in [5.41, 5.74) is 0.0308. The minimum Gasteiger partial charge on any atom is -0.467 e. The molecule has 0 atom stereocenters. The molecule has 5 heterocycles. The van der Waals surface area contributed by atoms with Crippen LogP contribution in [0.4, 0.5) is 19.0 Å². The van der Waals surface area contributed by atoms with Crippen molar-refractivity contribution in [3.63, 3.8) is 0 Å². The Morgan fingerprint density at radius 3 is 2.62 bits per heavy atom. The number of nitrogens with zero attached hydrogens (tertiary/aromatic N) is 6. The Bertz CT molecular complexity index is 1210. The number of alkyl halides is 3. The smallest absolute Gasteiger partial charge is 0.453 e. The van der Waals surface area contributed by atoms with Gasteiger partial charge in [-0.15, -0.1) is 26.6 Å². The molecule has 0 unspecified atom stereocenters. The third-order valence-electron chi connectivity index (χ3n) is 5.84. The Morgan fingerprint density at radius 2 is 1.94 bits per heavy atom. The summed E-state index contributed by atoms with van der Waals surface area (Å²) < 4.78 is 45.7. The Labute approximate surface area is 196 Å². The topological polar surface area (TPSA) is 79.8 Å². The number of hydrogen-bond acceptors (Lipinski definition) is 7. The van der Waals surface area contributed by atoms with Crippen molar-refractivity contribution in [2.75, 3.05) is 18.0 Å². The molecule has 0 radical (unpaired) electrons. The standard InChI is InChI=1S/C22H21F3N6O2S/c23-22(24,25)21-27-26-18-5-6-19(28-31(18)21)29-9-7-15(8-10-29)20(32)30(13-16-3-1-11-33-16)14-17-4-2-12-34-17/h1-6,11-12,15H,7-10,13-14H2. The molecule has 4 aromatic heterocycles. The van der Waals surface area contributed by atoms with Crippen molar-refractivity contribution in [3.8, 4) is 0 Å². The molecule has 4 aromatic rings. The molecule has 1 saturated heterocycles. The van der Waals surface area contributed by atoms with Crippen molar-refractivity contribution in [3.05, 3.63) is 64.5 Å². The fourth-order valence-electron chi connectivity index (χ4n) is 4.13. The monoisotopic (exact) mass is 490 g/mol. The lowest BCUT2D eigenvalue weighted by Crippen LogP contribution is -2.42. The molecule has 0 aromatic carbocycles. The zero-order valence-corrected chi connectivity index (χ0v) is 18.8. The number of rotatable bonds is 6. The number of carbonyl (C=O) groups is 1. The van der Waals surface area contributed by atoms with E-state index >= 15 is 0 Å². The van der Waals surface area contributed by atoms with Gasteiger partial charge in [0.15, 0.2) is 5.65 Å². The average Bonchev–Trinajstić information content (AvgIpc) is 3.59. The molecule has 0 N–H and O–H groups in total. The van der Waals surface area contributed by atoms with Gasteiger partial charge in [-0.2, -0.15) is 17.7 Å². The lowest BCUT2D eigenvalue weighted by Gasteiger charge is -2.34. The molecule has 8 nitrogen and oxygen atoms in total. The third-order valence-corrected chi connectivity index (χ3v) is 6.70. The van der Waals surface area contributed by atoms with Gasteiger partial charge < -0.3 is 14.2 Å². The van der Waals surface area contributed by atoms with Gasteiger partial charge in [-0.3, -0.25) is 4.79 Å². The van der Waals surface area contributed by atoms with Crippen molar-refractivity contribution < 1.29 is 22.4 Å². The van der Waals surface area contributed by atoms with Crippen molar-refractivity contribution in [2.24, 2.45) is 5.92 Å². The lowest BCUT2D eigenvalue weighted by molar-refractivity contribution is -0.146. The van der Waals surface area contributed by atoms with Crippen molar-refractivity contribution in [1.82, 2.24) is 24.7 Å². The minimum atomic E-state index is -4.65. The zero-order valence-electron chi connectivity index (χ0n) is 18.0. The largest absolute Gasteiger partial charge is 0.467 e. The first-order valence-corrected chi connectivity index (χ1v) is 11.6. The van der Waals surface area contributed by atoms with E-state index in [-0.39, 0.29) is 17.5 Å². The van der Waals surface area contributed by atoms with Crippen molar-refractivity contribution in [1.29, 1.82) is 0 Å². The van der Waals surface area contributed by atoms with Crippen LogP contribution in [0.25, 0.3) is 5.65 Å². The number of furan rings is 1. The number of thiophene rings is 1. The van der Waals surface area contributed by atoms with Crippen LogP contribution in [0, 0.1) is 5.92 Å². The molecule has 1 fully saturated rings. The van der Waals surface area contributed by atoms with E-state index in [9.17, 15) is 18.0 Å². The number of hydrogen-bond donors (Lipinski definition) is 0. The maximum absolute atomic E-state index is 13.4. The number of anilines is 1. The predicted molar refractivity (Wildman–Crippen MR) is 118 cm³/mol. The van der Waals surface area contributed by atoms with E-state index in [2.05, 4.69) is 15.3 Å². The first kappa shape index (κ1) is 22.4. The van der Waals surface area contributed by atoms with E-state index in [0.717, 1.165) is 9.39 Å². The van der Waals surface area contributed by atoms with E-state index in [1.807, 2.05) is 33.4 Å². The molecule has 5 rings (SSSR count). The van der Waals surface area contributed by atoms with Crippen LogP contribution in [-0.4, -0.2) is 43.7 Å². The first-order valence-electron chi connectivity index (χ1n) is 10.8. The second kappa shape index (κ2) is 9.09.